The van der Waals surface area contributed by atoms with Gasteiger partial charge in [-0.25, -0.2) is 9.97 Å². The Labute approximate surface area is 234 Å². The fraction of sp³-hybridized carbons (Fsp3) is 0.0345. The van der Waals surface area contributed by atoms with Crippen LogP contribution in [0.25, 0.3) is 27.8 Å². The van der Waals surface area contributed by atoms with Crippen LogP contribution >= 0.6 is 11.6 Å². The zero-order chi connectivity index (χ0) is 28.7. The topological polar surface area (TPSA) is 102 Å². The molecule has 4 aromatic heterocycles. The van der Waals surface area contributed by atoms with E-state index in [2.05, 4.69) is 20.3 Å². The van der Waals surface area contributed by atoms with Crippen LogP contribution in [0.1, 0.15) is 15.9 Å². The minimum absolute atomic E-state index is 0.0443. The van der Waals surface area contributed by atoms with E-state index in [1.807, 2.05) is 6.07 Å². The summed E-state index contributed by atoms with van der Waals surface area (Å²) in [5.41, 5.74) is -0.882. The second-order valence-corrected chi connectivity index (χ2v) is 9.32. The van der Waals surface area contributed by atoms with Crippen LogP contribution < -0.4 is 15.6 Å². The number of carbonyl (C=O) groups excluding carboxylic acids is 1. The zero-order valence-electron chi connectivity index (χ0n) is 20.7. The van der Waals surface area contributed by atoms with Crippen LogP contribution in [0.3, 0.4) is 0 Å². The Morgan fingerprint density at radius 2 is 1.78 bits per heavy atom. The van der Waals surface area contributed by atoms with Gasteiger partial charge in [-0.3, -0.25) is 14.2 Å². The molecule has 0 saturated carbocycles. The minimum Gasteiger partial charge on any atom is -0.457 e. The van der Waals surface area contributed by atoms with Crippen LogP contribution in [-0.4, -0.2) is 25.4 Å². The summed E-state index contributed by atoms with van der Waals surface area (Å²) in [6.07, 6.45) is 0.174. The van der Waals surface area contributed by atoms with Crippen molar-refractivity contribution in [3.63, 3.8) is 0 Å². The molecular formula is C29H17ClF3N5O3. The number of fused-ring (bicyclic) bond motifs is 2. The van der Waals surface area contributed by atoms with Gasteiger partial charge in [0, 0.05) is 29.7 Å². The van der Waals surface area contributed by atoms with Crippen molar-refractivity contribution in [3.05, 3.63) is 118 Å². The first-order chi connectivity index (χ1) is 19.7. The first kappa shape index (κ1) is 26.1. The second-order valence-electron chi connectivity index (χ2n) is 8.91. The molecule has 8 nitrogen and oxygen atoms in total. The number of amides is 1. The van der Waals surface area contributed by atoms with Gasteiger partial charge >= 0.3 is 6.18 Å². The molecule has 2 N–H and O–H groups in total. The lowest BCUT2D eigenvalue weighted by molar-refractivity contribution is -0.137. The van der Waals surface area contributed by atoms with Crippen molar-refractivity contribution < 1.29 is 22.7 Å². The number of nitrogens with one attached hydrogen (secondary N) is 2. The van der Waals surface area contributed by atoms with Gasteiger partial charge in [0.15, 0.2) is 0 Å². The molecule has 0 aliphatic carbocycles. The van der Waals surface area contributed by atoms with Gasteiger partial charge in [0.2, 0.25) is 0 Å². The molecule has 6 aromatic rings. The third kappa shape index (κ3) is 4.98. The average molecular weight is 576 g/mol. The normalized spacial score (nSPS) is 11.6. The molecule has 0 aliphatic rings. The lowest BCUT2D eigenvalue weighted by Crippen LogP contribution is -2.29. The molecule has 204 valence electrons. The van der Waals surface area contributed by atoms with Gasteiger partial charge in [-0.15, -0.1) is 0 Å². The van der Waals surface area contributed by atoms with E-state index in [0.29, 0.717) is 28.2 Å². The van der Waals surface area contributed by atoms with Crippen LogP contribution in [0.15, 0.2) is 96.2 Å². The molecule has 12 heteroatoms. The van der Waals surface area contributed by atoms with E-state index in [9.17, 15) is 22.8 Å². The number of H-pyrrole nitrogens is 1. The lowest BCUT2D eigenvalue weighted by Gasteiger charge is -2.15. The molecule has 0 atom stereocenters. The SMILES string of the molecule is O=C(Nc1ccc(Oc2ccnc3[nH]ccc23)cc1)c1cc2cccnc2n(-c2ccc(C(F)(F)F)cc2Cl)c1=O. The molecule has 41 heavy (non-hydrogen) atoms. The predicted octanol–water partition coefficient (Wildman–Crippen LogP) is 6.98. The maximum absolute atomic E-state index is 13.5. The smallest absolute Gasteiger partial charge is 0.416 e. The summed E-state index contributed by atoms with van der Waals surface area (Å²) in [7, 11) is 0. The summed E-state index contributed by atoms with van der Waals surface area (Å²) in [4.78, 5) is 38.2. The van der Waals surface area contributed by atoms with Crippen LogP contribution in [0.5, 0.6) is 11.5 Å². The maximum Gasteiger partial charge on any atom is 0.416 e. The summed E-state index contributed by atoms with van der Waals surface area (Å²) in [6, 6.07) is 17.3. The number of aromatic nitrogens is 4. The summed E-state index contributed by atoms with van der Waals surface area (Å²) in [5, 5.41) is 3.57. The zero-order valence-corrected chi connectivity index (χ0v) is 21.5. The van der Waals surface area contributed by atoms with Crippen LogP contribution in [0.2, 0.25) is 5.02 Å². The largest absolute Gasteiger partial charge is 0.457 e. The quantitative estimate of drug-likeness (QED) is 0.231. The summed E-state index contributed by atoms with van der Waals surface area (Å²) < 4.78 is 46.5. The molecule has 0 radical (unpaired) electrons. The van der Waals surface area contributed by atoms with Gasteiger partial charge in [-0.05, 0) is 72.8 Å². The van der Waals surface area contributed by atoms with Gasteiger partial charge in [0.05, 0.1) is 21.7 Å². The third-order valence-corrected chi connectivity index (χ3v) is 6.59. The van der Waals surface area contributed by atoms with Crippen molar-refractivity contribution >= 4 is 45.3 Å². The highest BCUT2D eigenvalue weighted by Crippen LogP contribution is 2.34. The molecule has 0 spiro atoms. The highest BCUT2D eigenvalue weighted by atomic mass is 35.5. The van der Waals surface area contributed by atoms with Gasteiger partial charge in [-0.1, -0.05) is 11.6 Å². The molecule has 0 unspecified atom stereocenters. The van der Waals surface area contributed by atoms with E-state index >= 15 is 0 Å². The van der Waals surface area contributed by atoms with Crippen molar-refractivity contribution in [2.45, 2.75) is 6.18 Å². The Bertz CT molecular complexity index is 2000. The number of hydrogen-bond donors (Lipinski definition) is 2. The summed E-state index contributed by atoms with van der Waals surface area (Å²) in [6.45, 7) is 0. The van der Waals surface area contributed by atoms with E-state index in [0.717, 1.165) is 28.2 Å². The fourth-order valence-corrected chi connectivity index (χ4v) is 4.61. The molecule has 0 saturated heterocycles. The highest BCUT2D eigenvalue weighted by molar-refractivity contribution is 6.32. The monoisotopic (exact) mass is 575 g/mol. The number of rotatable bonds is 5. The number of pyridine rings is 3. The predicted molar refractivity (Wildman–Crippen MR) is 148 cm³/mol. The van der Waals surface area contributed by atoms with Gasteiger partial charge in [-0.2, -0.15) is 13.2 Å². The molecule has 0 fully saturated rings. The Morgan fingerprint density at radius 3 is 2.54 bits per heavy atom. The summed E-state index contributed by atoms with van der Waals surface area (Å²) >= 11 is 6.20. The fourth-order valence-electron chi connectivity index (χ4n) is 4.35. The van der Waals surface area contributed by atoms with E-state index < -0.39 is 23.2 Å². The standard InChI is InChI=1S/C29H17ClF3N5O3/c30-22-15-17(29(31,32)33)3-8-23(22)38-26-16(2-1-11-36-26)14-21(28(38)40)27(39)37-18-4-6-19(7-5-18)41-24-10-13-35-25-20(24)9-12-34-25/h1-15H,(H,34,35)(H,37,39). The first-order valence-electron chi connectivity index (χ1n) is 12.1. The lowest BCUT2D eigenvalue weighted by atomic mass is 10.1. The molecule has 6 rings (SSSR count). The number of ether oxygens (including phenoxy) is 1. The van der Waals surface area contributed by atoms with E-state index in [-0.39, 0.29) is 21.9 Å². The van der Waals surface area contributed by atoms with Gasteiger partial charge in [0.25, 0.3) is 11.5 Å². The second kappa shape index (κ2) is 10.1. The number of benzene rings is 2. The number of aromatic amines is 1. The number of nitrogens with zero attached hydrogens (tertiary/aromatic N) is 3. The molecular weight excluding hydrogens is 559 g/mol. The number of halogens is 4. The Balaban J connectivity index is 1.31. The first-order valence-corrected chi connectivity index (χ1v) is 12.5. The maximum atomic E-state index is 13.5. The van der Waals surface area contributed by atoms with Crippen molar-refractivity contribution in [2.24, 2.45) is 0 Å². The van der Waals surface area contributed by atoms with Gasteiger partial charge in [0.1, 0.15) is 28.4 Å². The number of anilines is 1. The molecule has 1 amide bonds. The van der Waals surface area contributed by atoms with E-state index in [1.165, 1.54) is 12.3 Å². The Morgan fingerprint density at radius 1 is 0.976 bits per heavy atom. The van der Waals surface area contributed by atoms with Crippen LogP contribution in [-0.2, 0) is 6.18 Å². The molecule has 2 aromatic carbocycles. The Hall–Kier alpha value is -5.16. The molecule has 0 bridgehead atoms. The molecule has 4 heterocycles. The summed E-state index contributed by atoms with van der Waals surface area (Å²) in [5.74, 6) is 0.377. The minimum atomic E-state index is -4.62. The Kier molecular flexibility index (Phi) is 6.43. The van der Waals surface area contributed by atoms with Gasteiger partial charge < -0.3 is 15.0 Å². The highest BCUT2D eigenvalue weighted by Gasteiger charge is 2.31. The number of carbonyl (C=O) groups is 1. The van der Waals surface area contributed by atoms with Crippen molar-refractivity contribution in [2.75, 3.05) is 5.32 Å². The third-order valence-electron chi connectivity index (χ3n) is 6.28. The molecule has 0 aliphatic heterocycles. The van der Waals surface area contributed by atoms with Crippen molar-refractivity contribution in [3.8, 4) is 17.2 Å². The average Bonchev–Trinajstić information content (AvgIpc) is 3.44. The van der Waals surface area contributed by atoms with E-state index in [1.54, 1.807) is 54.9 Å². The number of hydrogen-bond acceptors (Lipinski definition) is 5. The van der Waals surface area contributed by atoms with E-state index in [4.69, 9.17) is 16.3 Å². The van der Waals surface area contributed by atoms with Crippen LogP contribution in [0.4, 0.5) is 18.9 Å². The van der Waals surface area contributed by atoms with Crippen molar-refractivity contribution in [1.82, 2.24) is 19.5 Å². The van der Waals surface area contributed by atoms with Crippen molar-refractivity contribution in [1.29, 1.82) is 0 Å². The number of alkyl halides is 3. The van der Waals surface area contributed by atoms with Crippen LogP contribution in [0, 0.1) is 0 Å².